The van der Waals surface area contributed by atoms with Crippen molar-refractivity contribution < 1.29 is 9.47 Å². The largest absolute Gasteiger partial charge is 0.486 e. The summed E-state index contributed by atoms with van der Waals surface area (Å²) in [5.41, 5.74) is 2.03. The lowest BCUT2D eigenvalue weighted by atomic mass is 10.1. The quantitative estimate of drug-likeness (QED) is 0.681. The first-order valence-electron chi connectivity index (χ1n) is 6.51. The zero-order valence-electron chi connectivity index (χ0n) is 11.0. The van der Waals surface area contributed by atoms with Gasteiger partial charge in [-0.15, -0.1) is 10.2 Å². The van der Waals surface area contributed by atoms with Crippen LogP contribution >= 0.6 is 0 Å². The van der Waals surface area contributed by atoms with Crippen molar-refractivity contribution in [3.05, 3.63) is 42.1 Å². The van der Waals surface area contributed by atoms with Gasteiger partial charge in [0.1, 0.15) is 19.3 Å². The van der Waals surface area contributed by atoms with Gasteiger partial charge in [-0.05, 0) is 24.3 Å². The van der Waals surface area contributed by atoms with E-state index < -0.39 is 0 Å². The molecule has 0 spiro atoms. The molecule has 3 heterocycles. The maximum Gasteiger partial charge on any atom is 0.172 e. The van der Waals surface area contributed by atoms with Crippen molar-refractivity contribution >= 4 is 5.65 Å². The third-order valence-corrected chi connectivity index (χ3v) is 3.34. The number of fused-ring (bicyclic) bond motifs is 2. The van der Waals surface area contributed by atoms with Gasteiger partial charge >= 0.3 is 0 Å². The Morgan fingerprint density at radius 2 is 2.00 bits per heavy atom. The Morgan fingerprint density at radius 3 is 2.90 bits per heavy atom. The number of para-hydroxylation sites is 1. The molecule has 0 unspecified atom stereocenters. The first-order chi connectivity index (χ1) is 10.4. The number of pyridine rings is 1. The fourth-order valence-corrected chi connectivity index (χ4v) is 2.39. The van der Waals surface area contributed by atoms with Crippen LogP contribution in [-0.2, 0) is 0 Å². The molecule has 2 aromatic heterocycles. The van der Waals surface area contributed by atoms with Crippen molar-refractivity contribution in [1.82, 2.24) is 14.6 Å². The highest BCUT2D eigenvalue weighted by Crippen LogP contribution is 2.39. The van der Waals surface area contributed by atoms with E-state index in [4.69, 9.17) is 14.7 Å². The molecule has 1 aromatic carbocycles. The molecule has 3 aromatic rings. The number of hydrogen-bond donors (Lipinski definition) is 0. The second-order valence-corrected chi connectivity index (χ2v) is 4.61. The van der Waals surface area contributed by atoms with Gasteiger partial charge in [-0.1, -0.05) is 6.07 Å². The number of nitriles is 1. The van der Waals surface area contributed by atoms with E-state index in [1.807, 2.05) is 18.2 Å². The molecule has 0 amide bonds. The van der Waals surface area contributed by atoms with Crippen LogP contribution in [-0.4, -0.2) is 27.8 Å². The van der Waals surface area contributed by atoms with Gasteiger partial charge in [-0.3, -0.25) is 4.40 Å². The number of benzene rings is 1. The van der Waals surface area contributed by atoms with Gasteiger partial charge in [0, 0.05) is 6.20 Å². The van der Waals surface area contributed by atoms with Gasteiger partial charge in [-0.2, -0.15) is 5.26 Å². The Labute approximate surface area is 120 Å². The lowest BCUT2D eigenvalue weighted by Gasteiger charge is -2.20. The molecule has 0 bridgehead atoms. The summed E-state index contributed by atoms with van der Waals surface area (Å²) in [5.74, 6) is 2.00. The van der Waals surface area contributed by atoms with Crippen molar-refractivity contribution in [2.24, 2.45) is 0 Å². The number of rotatable bonds is 1. The Hall–Kier alpha value is -3.07. The zero-order chi connectivity index (χ0) is 14.2. The number of nitrogens with zero attached hydrogens (tertiary/aromatic N) is 4. The number of hydrogen-bond acceptors (Lipinski definition) is 5. The summed E-state index contributed by atoms with van der Waals surface area (Å²) in [7, 11) is 0. The predicted molar refractivity (Wildman–Crippen MR) is 74.1 cm³/mol. The van der Waals surface area contributed by atoms with Crippen molar-refractivity contribution in [2.75, 3.05) is 13.2 Å². The van der Waals surface area contributed by atoms with Crippen molar-refractivity contribution in [2.45, 2.75) is 0 Å². The minimum Gasteiger partial charge on any atom is -0.486 e. The summed E-state index contributed by atoms with van der Waals surface area (Å²) >= 11 is 0. The van der Waals surface area contributed by atoms with Gasteiger partial charge in [0.15, 0.2) is 23.0 Å². The molecular weight excluding hydrogens is 268 g/mol. The third-order valence-electron chi connectivity index (χ3n) is 3.34. The van der Waals surface area contributed by atoms with Gasteiger partial charge in [-0.25, -0.2) is 0 Å². The van der Waals surface area contributed by atoms with Crippen LogP contribution < -0.4 is 9.47 Å². The van der Waals surface area contributed by atoms with Crippen LogP contribution in [0.5, 0.6) is 11.5 Å². The van der Waals surface area contributed by atoms with Crippen LogP contribution in [0.1, 0.15) is 5.56 Å². The van der Waals surface area contributed by atoms with Gasteiger partial charge < -0.3 is 9.47 Å². The normalized spacial score (nSPS) is 13.1. The van der Waals surface area contributed by atoms with E-state index in [9.17, 15) is 0 Å². The topological polar surface area (TPSA) is 72.4 Å². The molecule has 1 aliphatic rings. The summed E-state index contributed by atoms with van der Waals surface area (Å²) in [6, 6.07) is 11.3. The second-order valence-electron chi connectivity index (χ2n) is 4.61. The first kappa shape index (κ1) is 11.7. The molecule has 21 heavy (non-hydrogen) atoms. The lowest BCUT2D eigenvalue weighted by molar-refractivity contribution is 0.172. The fourth-order valence-electron chi connectivity index (χ4n) is 2.39. The third kappa shape index (κ3) is 1.79. The molecule has 1 aliphatic heterocycles. The lowest BCUT2D eigenvalue weighted by Crippen LogP contribution is -2.16. The average Bonchev–Trinajstić information content (AvgIpc) is 2.97. The van der Waals surface area contributed by atoms with Crippen LogP contribution in [0, 0.1) is 11.3 Å². The molecular formula is C15H10N4O2. The Balaban J connectivity index is 1.97. The van der Waals surface area contributed by atoms with E-state index in [1.54, 1.807) is 22.7 Å². The molecule has 0 atom stereocenters. The molecule has 0 saturated carbocycles. The SMILES string of the molecule is N#Cc1ccc2nnc(-c3cccc4c3OCCO4)n2c1. The monoisotopic (exact) mass is 278 g/mol. The molecule has 0 N–H and O–H groups in total. The molecule has 0 saturated heterocycles. The molecule has 0 aliphatic carbocycles. The molecule has 0 radical (unpaired) electrons. The summed E-state index contributed by atoms with van der Waals surface area (Å²) in [5, 5.41) is 17.4. The van der Waals surface area contributed by atoms with Gasteiger partial charge in [0.05, 0.1) is 11.1 Å². The maximum absolute atomic E-state index is 9.04. The summed E-state index contributed by atoms with van der Waals surface area (Å²) in [6.45, 7) is 1.04. The highest BCUT2D eigenvalue weighted by Gasteiger charge is 2.20. The van der Waals surface area contributed by atoms with E-state index >= 15 is 0 Å². The highest BCUT2D eigenvalue weighted by atomic mass is 16.6. The van der Waals surface area contributed by atoms with Crippen molar-refractivity contribution in [3.63, 3.8) is 0 Å². The summed E-state index contributed by atoms with van der Waals surface area (Å²) < 4.78 is 13.1. The summed E-state index contributed by atoms with van der Waals surface area (Å²) in [4.78, 5) is 0. The van der Waals surface area contributed by atoms with E-state index in [-0.39, 0.29) is 0 Å². The molecule has 4 rings (SSSR count). The molecule has 102 valence electrons. The summed E-state index contributed by atoms with van der Waals surface area (Å²) in [6.07, 6.45) is 1.72. The van der Waals surface area contributed by atoms with E-state index in [2.05, 4.69) is 16.3 Å². The van der Waals surface area contributed by atoms with Crippen LogP contribution in [0.4, 0.5) is 0 Å². The first-order valence-corrected chi connectivity index (χ1v) is 6.51. The Kier molecular flexibility index (Phi) is 2.51. The Bertz CT molecular complexity index is 879. The minimum absolute atomic E-state index is 0.504. The van der Waals surface area contributed by atoms with Crippen LogP contribution in [0.25, 0.3) is 17.0 Å². The number of ether oxygens (including phenoxy) is 2. The van der Waals surface area contributed by atoms with E-state index in [0.717, 1.165) is 5.56 Å². The fraction of sp³-hybridized carbons (Fsp3) is 0.133. The maximum atomic E-state index is 9.04. The minimum atomic E-state index is 0.504. The predicted octanol–water partition coefficient (Wildman–Crippen LogP) is 2.04. The average molecular weight is 278 g/mol. The van der Waals surface area contributed by atoms with Crippen LogP contribution in [0.3, 0.4) is 0 Å². The Morgan fingerprint density at radius 1 is 1.10 bits per heavy atom. The van der Waals surface area contributed by atoms with Crippen molar-refractivity contribution in [1.29, 1.82) is 5.26 Å². The smallest absolute Gasteiger partial charge is 0.172 e. The van der Waals surface area contributed by atoms with E-state index in [1.165, 1.54) is 0 Å². The second kappa shape index (κ2) is 4.49. The highest BCUT2D eigenvalue weighted by molar-refractivity contribution is 5.71. The number of aromatic nitrogens is 3. The molecule has 6 heteroatoms. The van der Waals surface area contributed by atoms with Gasteiger partial charge in [0.2, 0.25) is 0 Å². The molecule has 0 fully saturated rings. The van der Waals surface area contributed by atoms with Gasteiger partial charge in [0.25, 0.3) is 0 Å². The van der Waals surface area contributed by atoms with E-state index in [0.29, 0.717) is 41.7 Å². The molecule has 6 nitrogen and oxygen atoms in total. The van der Waals surface area contributed by atoms with Crippen molar-refractivity contribution in [3.8, 4) is 29.0 Å². The van der Waals surface area contributed by atoms with Crippen LogP contribution in [0.2, 0.25) is 0 Å². The standard InChI is InChI=1S/C15H10N4O2/c16-8-10-4-5-13-17-18-15(19(13)9-10)11-2-1-3-12-14(11)21-7-6-20-12/h1-5,9H,6-7H2. The van der Waals surface area contributed by atoms with Crippen LogP contribution in [0.15, 0.2) is 36.5 Å². The zero-order valence-corrected chi connectivity index (χ0v) is 11.0.